The monoisotopic (exact) mass is 539 g/mol. The molecule has 2 unspecified atom stereocenters. The van der Waals surface area contributed by atoms with Gasteiger partial charge in [-0.1, -0.05) is 110 Å². The Balaban J connectivity index is 1.60. The standard InChI is InChI=1S/C41H33N/c1-5-26(4)28-17-19-38-35(23-28)41(36-22-25(3)21-32-31-20-24(2)16-18-37(31)42(38)40(32)36)33-14-7-6-12-29(33)30-13-8-10-27-11-9-15-34(41)39(27)30/h6-23,26H,5H2,1-4H3. The highest BCUT2D eigenvalue weighted by molar-refractivity contribution is 6.14. The molecule has 6 aromatic carbocycles. The van der Waals surface area contributed by atoms with Gasteiger partial charge in [0.25, 0.3) is 0 Å². The van der Waals surface area contributed by atoms with Crippen molar-refractivity contribution in [3.05, 3.63) is 148 Å². The van der Waals surface area contributed by atoms with Gasteiger partial charge in [0.05, 0.1) is 22.1 Å². The molecule has 0 fully saturated rings. The Kier molecular flexibility index (Phi) is 4.71. The number of nitrogens with zero attached hydrogens (tertiary/aromatic N) is 1. The summed E-state index contributed by atoms with van der Waals surface area (Å²) in [5.74, 6) is 0.484. The van der Waals surface area contributed by atoms with Crippen molar-refractivity contribution in [2.24, 2.45) is 0 Å². The van der Waals surface area contributed by atoms with E-state index in [1.165, 1.54) is 88.3 Å². The molecule has 1 aliphatic heterocycles. The summed E-state index contributed by atoms with van der Waals surface area (Å²) in [5.41, 5.74) is 15.8. The average molecular weight is 540 g/mol. The van der Waals surface area contributed by atoms with E-state index in [1.54, 1.807) is 0 Å². The van der Waals surface area contributed by atoms with Crippen molar-refractivity contribution in [2.45, 2.75) is 45.4 Å². The van der Waals surface area contributed by atoms with Crippen LogP contribution in [-0.2, 0) is 5.41 Å². The fourth-order valence-corrected chi connectivity index (χ4v) is 8.33. The van der Waals surface area contributed by atoms with Crippen LogP contribution >= 0.6 is 0 Å². The Morgan fingerprint density at radius 1 is 0.643 bits per heavy atom. The van der Waals surface area contributed by atoms with Crippen LogP contribution < -0.4 is 0 Å². The molecule has 2 heterocycles. The number of benzene rings is 6. The largest absolute Gasteiger partial charge is 0.309 e. The summed E-state index contributed by atoms with van der Waals surface area (Å²) < 4.78 is 2.57. The molecule has 202 valence electrons. The maximum atomic E-state index is 2.57. The first-order valence-corrected chi connectivity index (χ1v) is 15.3. The molecule has 9 rings (SSSR count). The van der Waals surface area contributed by atoms with Gasteiger partial charge in [-0.15, -0.1) is 0 Å². The highest BCUT2D eigenvalue weighted by Gasteiger charge is 2.49. The zero-order valence-corrected chi connectivity index (χ0v) is 24.6. The minimum Gasteiger partial charge on any atom is -0.309 e. The topological polar surface area (TPSA) is 4.93 Å². The molecule has 0 saturated heterocycles. The summed E-state index contributed by atoms with van der Waals surface area (Å²) in [6, 6.07) is 42.3. The summed E-state index contributed by atoms with van der Waals surface area (Å²) in [6.45, 7) is 9.15. The number of rotatable bonds is 2. The van der Waals surface area contributed by atoms with E-state index in [0.29, 0.717) is 5.92 Å². The minimum atomic E-state index is -0.438. The van der Waals surface area contributed by atoms with Crippen LogP contribution in [0.3, 0.4) is 0 Å². The number of aryl methyl sites for hydroxylation is 2. The van der Waals surface area contributed by atoms with E-state index in [4.69, 9.17) is 0 Å². The molecular weight excluding hydrogens is 506 g/mol. The lowest BCUT2D eigenvalue weighted by atomic mass is 9.58. The molecule has 7 aromatic rings. The van der Waals surface area contributed by atoms with Gasteiger partial charge in [-0.05, 0) is 100 Å². The molecule has 0 bridgehead atoms. The first kappa shape index (κ1) is 24.0. The molecule has 2 atom stereocenters. The highest BCUT2D eigenvalue weighted by Crippen LogP contribution is 2.60. The van der Waals surface area contributed by atoms with Crippen LogP contribution in [0.25, 0.3) is 49.4 Å². The van der Waals surface area contributed by atoms with E-state index in [9.17, 15) is 0 Å². The Morgan fingerprint density at radius 2 is 1.40 bits per heavy atom. The molecule has 0 saturated carbocycles. The Labute approximate surface area is 247 Å². The van der Waals surface area contributed by atoms with Crippen LogP contribution in [0.1, 0.15) is 65.1 Å². The van der Waals surface area contributed by atoms with Gasteiger partial charge >= 0.3 is 0 Å². The van der Waals surface area contributed by atoms with Crippen molar-refractivity contribution in [2.75, 3.05) is 0 Å². The smallest absolute Gasteiger partial charge is 0.0754 e. The first-order valence-electron chi connectivity index (χ1n) is 15.3. The Morgan fingerprint density at radius 3 is 2.26 bits per heavy atom. The van der Waals surface area contributed by atoms with Crippen LogP contribution in [-0.4, -0.2) is 4.57 Å². The quantitative estimate of drug-likeness (QED) is 0.206. The molecule has 0 N–H and O–H groups in total. The van der Waals surface area contributed by atoms with Crippen molar-refractivity contribution in [1.29, 1.82) is 0 Å². The van der Waals surface area contributed by atoms with Crippen molar-refractivity contribution >= 4 is 32.6 Å². The number of aromatic nitrogens is 1. The SMILES string of the molecule is CCC(C)c1ccc2c(c1)C1(c3ccccc3-c3cccc4cccc1c34)c1cc(C)cc3c4cc(C)ccc4n-2c13. The molecule has 1 aliphatic carbocycles. The Bertz CT molecular complexity index is 2270. The van der Waals surface area contributed by atoms with Crippen LogP contribution in [0, 0.1) is 13.8 Å². The van der Waals surface area contributed by atoms with Gasteiger partial charge in [0.1, 0.15) is 0 Å². The predicted octanol–water partition coefficient (Wildman–Crippen LogP) is 10.7. The van der Waals surface area contributed by atoms with Crippen molar-refractivity contribution in [3.63, 3.8) is 0 Å². The molecule has 42 heavy (non-hydrogen) atoms. The van der Waals surface area contributed by atoms with Crippen LogP contribution in [0.15, 0.2) is 109 Å². The molecule has 2 aliphatic rings. The number of hydrogen-bond donors (Lipinski definition) is 0. The molecule has 1 aromatic heterocycles. The molecule has 1 nitrogen and oxygen atoms in total. The Hall–Kier alpha value is -4.62. The summed E-state index contributed by atoms with van der Waals surface area (Å²) in [5, 5.41) is 5.38. The van der Waals surface area contributed by atoms with Crippen LogP contribution in [0.5, 0.6) is 0 Å². The molecule has 0 radical (unpaired) electrons. The summed E-state index contributed by atoms with van der Waals surface area (Å²) in [7, 11) is 0. The maximum absolute atomic E-state index is 2.57. The molecule has 1 spiro atoms. The highest BCUT2D eigenvalue weighted by atomic mass is 15.0. The van der Waals surface area contributed by atoms with Crippen molar-refractivity contribution in [3.8, 4) is 16.8 Å². The summed E-state index contributed by atoms with van der Waals surface area (Å²) >= 11 is 0. The first-order chi connectivity index (χ1) is 20.5. The van der Waals surface area contributed by atoms with Crippen LogP contribution in [0.2, 0.25) is 0 Å². The third kappa shape index (κ3) is 2.79. The molecule has 0 amide bonds. The predicted molar refractivity (Wildman–Crippen MR) is 177 cm³/mol. The fraction of sp³-hybridized carbons (Fsp3) is 0.171. The zero-order chi connectivity index (χ0) is 28.3. The van der Waals surface area contributed by atoms with Gasteiger partial charge in [-0.3, -0.25) is 0 Å². The fourth-order valence-electron chi connectivity index (χ4n) is 8.33. The third-order valence-corrected chi connectivity index (χ3v) is 10.3. The van der Waals surface area contributed by atoms with Gasteiger partial charge in [0.15, 0.2) is 0 Å². The van der Waals surface area contributed by atoms with Gasteiger partial charge in [-0.2, -0.15) is 0 Å². The second-order valence-electron chi connectivity index (χ2n) is 12.7. The zero-order valence-electron chi connectivity index (χ0n) is 24.6. The van der Waals surface area contributed by atoms with E-state index in [2.05, 4.69) is 141 Å². The van der Waals surface area contributed by atoms with E-state index in [-0.39, 0.29) is 0 Å². The third-order valence-electron chi connectivity index (χ3n) is 10.3. The molecule has 1 heteroatoms. The summed E-state index contributed by atoms with van der Waals surface area (Å²) in [6.07, 6.45) is 1.12. The van der Waals surface area contributed by atoms with Crippen molar-refractivity contribution in [1.82, 2.24) is 4.57 Å². The number of hydrogen-bond acceptors (Lipinski definition) is 0. The minimum absolute atomic E-state index is 0.438. The van der Waals surface area contributed by atoms with E-state index >= 15 is 0 Å². The lowest BCUT2D eigenvalue weighted by Gasteiger charge is -2.46. The molecular formula is C41H33N. The van der Waals surface area contributed by atoms with Gasteiger partial charge in [0.2, 0.25) is 0 Å². The average Bonchev–Trinajstić information content (AvgIpc) is 3.34. The van der Waals surface area contributed by atoms with E-state index in [1.807, 2.05) is 0 Å². The number of fused-ring (bicyclic) bond motifs is 11. The van der Waals surface area contributed by atoms with E-state index < -0.39 is 5.41 Å². The lowest BCUT2D eigenvalue weighted by Crippen LogP contribution is -2.38. The van der Waals surface area contributed by atoms with Crippen molar-refractivity contribution < 1.29 is 0 Å². The van der Waals surface area contributed by atoms with Gasteiger partial charge in [0, 0.05) is 10.8 Å². The summed E-state index contributed by atoms with van der Waals surface area (Å²) in [4.78, 5) is 0. The second-order valence-corrected chi connectivity index (χ2v) is 12.7. The van der Waals surface area contributed by atoms with Gasteiger partial charge in [-0.25, -0.2) is 0 Å². The second kappa shape index (κ2) is 8.23. The van der Waals surface area contributed by atoms with Crippen LogP contribution in [0.4, 0.5) is 0 Å². The maximum Gasteiger partial charge on any atom is 0.0754 e. The van der Waals surface area contributed by atoms with Gasteiger partial charge < -0.3 is 4.57 Å². The van der Waals surface area contributed by atoms with E-state index in [0.717, 1.165) is 6.42 Å². The normalized spacial score (nSPS) is 17.1. The lowest BCUT2D eigenvalue weighted by molar-refractivity contribution is 0.706.